The van der Waals surface area contributed by atoms with Crippen molar-refractivity contribution in [2.75, 3.05) is 18.8 Å². The van der Waals surface area contributed by atoms with Crippen LogP contribution in [0.25, 0.3) is 0 Å². The molecule has 2 aliphatic rings. The molecule has 0 radical (unpaired) electrons. The lowest BCUT2D eigenvalue weighted by atomic mass is 10.0. The van der Waals surface area contributed by atoms with Crippen molar-refractivity contribution < 1.29 is 37.4 Å². The van der Waals surface area contributed by atoms with E-state index in [9.17, 15) is 32.7 Å². The molecule has 0 spiro atoms. The zero-order valence-electron chi connectivity index (χ0n) is 21.2. The molecule has 1 unspecified atom stereocenters. The molecule has 8 nitrogen and oxygen atoms in total. The second-order valence-corrected chi connectivity index (χ2v) is 10.8. The van der Waals surface area contributed by atoms with Gasteiger partial charge in [0.15, 0.2) is 23.1 Å². The third kappa shape index (κ3) is 7.84. The molecule has 4 atom stereocenters. The number of nitrogens with one attached hydrogen (secondary N) is 1. The molecule has 1 fully saturated rings. The van der Waals surface area contributed by atoms with Crippen LogP contribution in [-0.4, -0.2) is 70.3 Å². The normalized spacial score (nSPS) is 20.8. The van der Waals surface area contributed by atoms with Crippen molar-refractivity contribution in [2.24, 2.45) is 11.7 Å². The molecule has 0 bridgehead atoms. The average Bonchev–Trinajstić information content (AvgIpc) is 3.35. The Bertz CT molecular complexity index is 1110. The Hall–Kier alpha value is -2.83. The van der Waals surface area contributed by atoms with Gasteiger partial charge in [0.1, 0.15) is 5.82 Å². The minimum Gasteiger partial charge on any atom is -0.479 e. The molecule has 1 heterocycles. The molecule has 3 rings (SSSR count). The van der Waals surface area contributed by atoms with E-state index in [2.05, 4.69) is 5.32 Å². The van der Waals surface area contributed by atoms with Gasteiger partial charge in [-0.3, -0.25) is 9.59 Å². The SMILES string of the molecule is CC(C)[C@@H](OC1C=CC(CNC(=O)[C@@H]2SCCN2C(=O)C[C@H](N)Cc2cc(F)c(F)cc2F)=CC1)C(=O)O. The summed E-state index contributed by atoms with van der Waals surface area (Å²) in [7, 11) is 0. The van der Waals surface area contributed by atoms with Crippen molar-refractivity contribution in [3.05, 3.63) is 58.9 Å². The molecule has 1 aliphatic heterocycles. The summed E-state index contributed by atoms with van der Waals surface area (Å²) in [6.45, 7) is 4.12. The summed E-state index contributed by atoms with van der Waals surface area (Å²) in [6, 6.07) is 0.327. The summed E-state index contributed by atoms with van der Waals surface area (Å²) in [5.41, 5.74) is 6.69. The number of thioether (sulfide) groups is 1. The van der Waals surface area contributed by atoms with E-state index >= 15 is 0 Å². The predicted octanol–water partition coefficient (Wildman–Crippen LogP) is 2.76. The lowest BCUT2D eigenvalue weighted by molar-refractivity contribution is -0.156. The first kappa shape index (κ1) is 29.7. The van der Waals surface area contributed by atoms with Crippen molar-refractivity contribution in [1.29, 1.82) is 0 Å². The fourth-order valence-corrected chi connectivity index (χ4v) is 5.36. The number of aliphatic carboxylic acids is 1. The largest absolute Gasteiger partial charge is 0.479 e. The van der Waals surface area contributed by atoms with Crippen LogP contribution in [0, 0.1) is 23.4 Å². The number of nitrogens with two attached hydrogens (primary N) is 1. The molecule has 1 aromatic carbocycles. The van der Waals surface area contributed by atoms with Gasteiger partial charge < -0.3 is 25.8 Å². The summed E-state index contributed by atoms with van der Waals surface area (Å²) in [4.78, 5) is 38.4. The van der Waals surface area contributed by atoms with E-state index < -0.39 is 40.9 Å². The Morgan fingerprint density at radius 1 is 1.21 bits per heavy atom. The highest BCUT2D eigenvalue weighted by atomic mass is 32.2. The number of benzene rings is 1. The second-order valence-electron chi connectivity index (χ2n) is 9.61. The van der Waals surface area contributed by atoms with Crippen molar-refractivity contribution >= 4 is 29.5 Å². The smallest absolute Gasteiger partial charge is 0.333 e. The van der Waals surface area contributed by atoms with Crippen molar-refractivity contribution in [2.45, 2.75) is 56.7 Å². The lowest BCUT2D eigenvalue weighted by Crippen LogP contribution is -2.46. The van der Waals surface area contributed by atoms with Gasteiger partial charge in [-0.1, -0.05) is 32.1 Å². The van der Waals surface area contributed by atoms with Gasteiger partial charge in [-0.25, -0.2) is 18.0 Å². The summed E-state index contributed by atoms with van der Waals surface area (Å²) in [5.74, 6) is -4.81. The van der Waals surface area contributed by atoms with Gasteiger partial charge in [-0.2, -0.15) is 0 Å². The van der Waals surface area contributed by atoms with E-state index in [-0.39, 0.29) is 48.8 Å². The van der Waals surface area contributed by atoms with Gasteiger partial charge in [-0.05, 0) is 36.0 Å². The molecule has 0 aromatic heterocycles. The molecular weight excluding hydrogens is 523 g/mol. The van der Waals surface area contributed by atoms with Gasteiger partial charge in [0, 0.05) is 37.4 Å². The average molecular weight is 556 g/mol. The third-order valence-corrected chi connectivity index (χ3v) is 7.42. The molecule has 1 saturated heterocycles. The molecule has 38 heavy (non-hydrogen) atoms. The molecular formula is C26H32F3N3O5S. The number of nitrogens with zero attached hydrogens (tertiary/aromatic N) is 1. The van der Waals surface area contributed by atoms with E-state index in [0.717, 1.165) is 11.6 Å². The monoisotopic (exact) mass is 555 g/mol. The minimum atomic E-state index is -1.30. The van der Waals surface area contributed by atoms with Crippen molar-refractivity contribution in [3.63, 3.8) is 0 Å². The van der Waals surface area contributed by atoms with E-state index in [1.165, 1.54) is 16.7 Å². The maximum Gasteiger partial charge on any atom is 0.333 e. The van der Waals surface area contributed by atoms with E-state index in [1.54, 1.807) is 26.0 Å². The van der Waals surface area contributed by atoms with Crippen LogP contribution < -0.4 is 11.1 Å². The topological polar surface area (TPSA) is 122 Å². The fraction of sp³-hybridized carbons (Fsp3) is 0.500. The number of rotatable bonds is 11. The fourth-order valence-electron chi connectivity index (χ4n) is 4.20. The molecule has 4 N–H and O–H groups in total. The minimum absolute atomic E-state index is 0.126. The van der Waals surface area contributed by atoms with Gasteiger partial charge in [0.2, 0.25) is 5.91 Å². The third-order valence-electron chi connectivity index (χ3n) is 6.22. The number of carbonyl (C=O) groups is 3. The van der Waals surface area contributed by atoms with Crippen LogP contribution in [0.5, 0.6) is 0 Å². The summed E-state index contributed by atoms with van der Waals surface area (Å²) in [5, 5.41) is 11.4. The highest BCUT2D eigenvalue weighted by Gasteiger charge is 2.35. The zero-order chi connectivity index (χ0) is 28.0. The molecule has 2 amide bonds. The van der Waals surface area contributed by atoms with Crippen molar-refractivity contribution in [3.8, 4) is 0 Å². The van der Waals surface area contributed by atoms with Gasteiger partial charge in [-0.15, -0.1) is 11.8 Å². The Morgan fingerprint density at radius 2 is 1.92 bits per heavy atom. The Balaban J connectivity index is 1.48. The van der Waals surface area contributed by atoms with Gasteiger partial charge in [0.25, 0.3) is 5.91 Å². The van der Waals surface area contributed by atoms with E-state index in [0.29, 0.717) is 24.8 Å². The van der Waals surface area contributed by atoms with E-state index in [1.807, 2.05) is 6.08 Å². The van der Waals surface area contributed by atoms with Crippen LogP contribution in [0.3, 0.4) is 0 Å². The Morgan fingerprint density at radius 3 is 2.55 bits per heavy atom. The number of hydrogen-bond donors (Lipinski definition) is 3. The van der Waals surface area contributed by atoms with E-state index in [4.69, 9.17) is 10.5 Å². The summed E-state index contributed by atoms with van der Waals surface area (Å²) < 4.78 is 46.2. The van der Waals surface area contributed by atoms with Gasteiger partial charge in [0.05, 0.1) is 6.10 Å². The van der Waals surface area contributed by atoms with Crippen molar-refractivity contribution in [1.82, 2.24) is 10.2 Å². The molecule has 208 valence electrons. The van der Waals surface area contributed by atoms with Gasteiger partial charge >= 0.3 is 5.97 Å². The van der Waals surface area contributed by atoms with Crippen LogP contribution in [-0.2, 0) is 25.5 Å². The Labute approximate surface area is 223 Å². The molecule has 0 saturated carbocycles. The standard InChI is InChI=1S/C26H32F3N3O5S/c1-14(2)23(26(35)36)37-18-5-3-15(4-6-18)13-31-24(34)25-32(7-8-38-25)22(33)11-17(30)9-16-10-20(28)21(29)12-19(16)27/h3-5,10,12,14,17-18,23,25H,6-9,11,13,30H2,1-2H3,(H,31,34)(H,35,36)/t17-,18?,23-,25+/m1/s1. The number of hydrogen-bond acceptors (Lipinski definition) is 6. The molecule has 1 aromatic rings. The number of ether oxygens (including phenoxy) is 1. The van der Waals surface area contributed by atoms with Crippen LogP contribution in [0.4, 0.5) is 13.2 Å². The molecule has 1 aliphatic carbocycles. The predicted molar refractivity (Wildman–Crippen MR) is 137 cm³/mol. The van der Waals surface area contributed by atoms with Crippen LogP contribution >= 0.6 is 11.8 Å². The second kappa shape index (κ2) is 13.3. The zero-order valence-corrected chi connectivity index (χ0v) is 22.0. The first-order valence-corrected chi connectivity index (χ1v) is 13.3. The number of amides is 2. The maximum absolute atomic E-state index is 13.9. The highest BCUT2D eigenvalue weighted by Crippen LogP contribution is 2.26. The summed E-state index contributed by atoms with van der Waals surface area (Å²) in [6.07, 6.45) is 4.23. The van der Waals surface area contributed by atoms with Crippen LogP contribution in [0.15, 0.2) is 35.9 Å². The highest BCUT2D eigenvalue weighted by molar-refractivity contribution is 8.00. The number of carboxylic acid groups (broad SMARTS) is 1. The summed E-state index contributed by atoms with van der Waals surface area (Å²) >= 11 is 1.31. The number of halogens is 3. The maximum atomic E-state index is 13.9. The number of carboxylic acids is 1. The Kier molecular flexibility index (Phi) is 10.4. The first-order chi connectivity index (χ1) is 18.0. The first-order valence-electron chi connectivity index (χ1n) is 12.3. The van der Waals surface area contributed by atoms with Crippen LogP contribution in [0.2, 0.25) is 0 Å². The quantitative estimate of drug-likeness (QED) is 0.359. The van der Waals surface area contributed by atoms with Crippen LogP contribution in [0.1, 0.15) is 32.3 Å². The number of carbonyl (C=O) groups excluding carboxylic acids is 2. The molecule has 12 heteroatoms. The lowest BCUT2D eigenvalue weighted by Gasteiger charge is -2.25.